The van der Waals surface area contributed by atoms with E-state index >= 15 is 0 Å². The number of hydrogen-bond acceptors (Lipinski definition) is 8. The first kappa shape index (κ1) is 27.7. The van der Waals surface area contributed by atoms with Crippen LogP contribution in [-0.2, 0) is 25.7 Å². The highest BCUT2D eigenvalue weighted by atomic mass is 32.2. The van der Waals surface area contributed by atoms with Crippen LogP contribution in [0.2, 0.25) is 0 Å². The Morgan fingerprint density at radius 2 is 1.69 bits per heavy atom. The van der Waals surface area contributed by atoms with Crippen LogP contribution in [0.25, 0.3) is 0 Å². The lowest BCUT2D eigenvalue weighted by Crippen LogP contribution is -2.48. The first-order valence-corrected chi connectivity index (χ1v) is 13.1. The molecule has 0 saturated carbocycles. The van der Waals surface area contributed by atoms with E-state index < -0.39 is 39.5 Å². The number of anilines is 2. The zero-order valence-corrected chi connectivity index (χ0v) is 21.4. The number of nitrogens with one attached hydrogen (secondary N) is 2. The number of carbonyl (C=O) groups excluding carboxylic acids is 2. The van der Waals surface area contributed by atoms with Crippen LogP contribution in [0.3, 0.4) is 0 Å². The van der Waals surface area contributed by atoms with Crippen LogP contribution in [0.1, 0.15) is 26.5 Å². The Labute approximate surface area is 210 Å². The van der Waals surface area contributed by atoms with Gasteiger partial charge in [-0.3, -0.25) is 4.79 Å². The van der Waals surface area contributed by atoms with E-state index in [0.717, 1.165) is 16.7 Å². The molecule has 198 valence electrons. The van der Waals surface area contributed by atoms with Gasteiger partial charge in [0.2, 0.25) is 15.9 Å². The summed E-state index contributed by atoms with van der Waals surface area (Å²) in [5.74, 6) is -0.525. The molecule has 10 nitrogen and oxygen atoms in total. The number of thiazole rings is 1. The molecule has 2 heterocycles. The number of alkyl carbamates (subject to hydrolysis) is 1. The molecule has 1 saturated heterocycles. The first-order valence-electron chi connectivity index (χ1n) is 10.8. The number of benzene rings is 1. The summed E-state index contributed by atoms with van der Waals surface area (Å²) in [6.45, 7) is 5.30. The number of ether oxygens (including phenoxy) is 1. The average molecular weight is 550 g/mol. The largest absolute Gasteiger partial charge is 0.444 e. The molecule has 0 unspecified atom stereocenters. The van der Waals surface area contributed by atoms with Gasteiger partial charge in [-0.15, -0.1) is 11.3 Å². The first-order chi connectivity index (χ1) is 16.6. The summed E-state index contributed by atoms with van der Waals surface area (Å²) < 4.78 is 70.6. The minimum Gasteiger partial charge on any atom is -0.444 e. The van der Waals surface area contributed by atoms with Gasteiger partial charge in [-0.05, 0) is 45.0 Å². The lowest BCUT2D eigenvalue weighted by atomic mass is 10.2. The molecule has 1 aliphatic heterocycles. The summed E-state index contributed by atoms with van der Waals surface area (Å²) >= 11 is 0.864. The second-order valence-corrected chi connectivity index (χ2v) is 11.6. The summed E-state index contributed by atoms with van der Waals surface area (Å²) in [7, 11) is -3.85. The van der Waals surface area contributed by atoms with E-state index in [-0.39, 0.29) is 42.8 Å². The fraction of sp³-hybridized carbons (Fsp3) is 0.476. The second-order valence-electron chi connectivity index (χ2n) is 8.83. The van der Waals surface area contributed by atoms with Crippen LogP contribution in [0.4, 0.5) is 28.8 Å². The van der Waals surface area contributed by atoms with Crippen molar-refractivity contribution in [3.63, 3.8) is 0 Å². The molecule has 2 amide bonds. The highest BCUT2D eigenvalue weighted by molar-refractivity contribution is 7.89. The van der Waals surface area contributed by atoms with E-state index in [1.54, 1.807) is 25.7 Å². The number of hydrogen-bond donors (Lipinski definition) is 2. The number of amides is 2. The van der Waals surface area contributed by atoms with E-state index in [4.69, 9.17) is 4.74 Å². The zero-order valence-electron chi connectivity index (χ0n) is 19.8. The summed E-state index contributed by atoms with van der Waals surface area (Å²) in [6, 6.07) is 5.52. The van der Waals surface area contributed by atoms with Crippen LogP contribution in [0.5, 0.6) is 0 Å². The van der Waals surface area contributed by atoms with Crippen molar-refractivity contribution in [2.75, 3.05) is 42.9 Å². The van der Waals surface area contributed by atoms with Crippen LogP contribution in [-0.4, -0.2) is 68.0 Å². The lowest BCUT2D eigenvalue weighted by molar-refractivity contribution is -0.140. The van der Waals surface area contributed by atoms with Crippen LogP contribution < -0.4 is 15.5 Å². The van der Waals surface area contributed by atoms with Gasteiger partial charge in [-0.1, -0.05) is 0 Å². The van der Waals surface area contributed by atoms with Crippen molar-refractivity contribution in [3.05, 3.63) is 35.3 Å². The molecule has 1 aromatic heterocycles. The molecule has 3 rings (SSSR count). The van der Waals surface area contributed by atoms with Gasteiger partial charge in [0.05, 0.1) is 4.90 Å². The van der Waals surface area contributed by atoms with Gasteiger partial charge in [-0.2, -0.15) is 17.5 Å². The molecule has 0 bridgehead atoms. The van der Waals surface area contributed by atoms with Gasteiger partial charge in [0.15, 0.2) is 10.8 Å². The third-order valence-electron chi connectivity index (χ3n) is 4.86. The molecular weight excluding hydrogens is 523 g/mol. The maximum absolute atomic E-state index is 13.0. The van der Waals surface area contributed by atoms with E-state index in [0.29, 0.717) is 5.69 Å². The maximum Gasteiger partial charge on any atom is 0.434 e. The number of sulfonamides is 1. The number of carbonyl (C=O) groups is 2. The minimum absolute atomic E-state index is 0.00874. The highest BCUT2D eigenvalue weighted by Crippen LogP contribution is 2.33. The van der Waals surface area contributed by atoms with Crippen molar-refractivity contribution in [1.29, 1.82) is 0 Å². The van der Waals surface area contributed by atoms with Crippen molar-refractivity contribution in [2.45, 2.75) is 37.4 Å². The number of rotatable bonds is 6. The second kappa shape index (κ2) is 10.6. The Bertz CT molecular complexity index is 1190. The Balaban J connectivity index is 1.53. The highest BCUT2D eigenvalue weighted by Gasteiger charge is 2.35. The Kier molecular flexibility index (Phi) is 8.15. The van der Waals surface area contributed by atoms with Gasteiger partial charge < -0.3 is 20.3 Å². The summed E-state index contributed by atoms with van der Waals surface area (Å²) in [6.07, 6.45) is -5.27. The molecule has 1 fully saturated rings. The third kappa shape index (κ3) is 7.30. The molecule has 2 N–H and O–H groups in total. The Morgan fingerprint density at radius 1 is 1.08 bits per heavy atom. The fourth-order valence-electron chi connectivity index (χ4n) is 3.19. The number of alkyl halides is 3. The lowest BCUT2D eigenvalue weighted by Gasteiger charge is -2.33. The van der Waals surface area contributed by atoms with Gasteiger partial charge in [0.25, 0.3) is 0 Å². The molecule has 0 aliphatic carbocycles. The van der Waals surface area contributed by atoms with E-state index in [1.165, 1.54) is 28.6 Å². The van der Waals surface area contributed by atoms with E-state index in [9.17, 15) is 31.2 Å². The molecule has 2 aromatic rings. The SMILES string of the molecule is CC(C)(C)OC(=O)NCC(=O)Nc1ccc(S(=O)(=O)N2CCN(c3nc(C(F)(F)F)cs3)CC2)cc1. The normalized spacial score (nSPS) is 15.4. The maximum atomic E-state index is 13.0. The monoisotopic (exact) mass is 549 g/mol. The van der Waals surface area contributed by atoms with Gasteiger partial charge in [-0.25, -0.2) is 18.2 Å². The van der Waals surface area contributed by atoms with Crippen molar-refractivity contribution < 1.29 is 35.9 Å². The van der Waals surface area contributed by atoms with Gasteiger partial charge in [0, 0.05) is 37.2 Å². The molecule has 15 heteroatoms. The molecule has 0 atom stereocenters. The standard InChI is InChI=1S/C21H26F3N5O5S2/c1-20(2,3)34-19(31)25-12-17(30)26-14-4-6-15(7-5-14)36(32,33)29-10-8-28(9-11-29)18-27-16(13-35-18)21(22,23)24/h4-7,13H,8-12H2,1-3H3,(H,25,31)(H,26,30). The summed E-state index contributed by atoms with van der Waals surface area (Å²) in [5, 5.41) is 6.00. The molecule has 0 radical (unpaired) electrons. The predicted molar refractivity (Wildman–Crippen MR) is 127 cm³/mol. The molecule has 1 aliphatic rings. The zero-order chi connectivity index (χ0) is 26.7. The number of nitrogens with zero attached hydrogens (tertiary/aromatic N) is 3. The van der Waals surface area contributed by atoms with Crippen LogP contribution in [0, 0.1) is 0 Å². The van der Waals surface area contributed by atoms with Gasteiger partial charge >= 0.3 is 12.3 Å². The van der Waals surface area contributed by atoms with Crippen molar-refractivity contribution in [2.24, 2.45) is 0 Å². The van der Waals surface area contributed by atoms with Crippen molar-refractivity contribution >= 4 is 44.2 Å². The fourth-order valence-corrected chi connectivity index (χ4v) is 5.50. The number of halogens is 3. The van der Waals surface area contributed by atoms with Crippen molar-refractivity contribution in [3.8, 4) is 0 Å². The third-order valence-corrected chi connectivity index (χ3v) is 7.67. The van der Waals surface area contributed by atoms with E-state index in [2.05, 4.69) is 15.6 Å². The van der Waals surface area contributed by atoms with Crippen LogP contribution in [0.15, 0.2) is 34.5 Å². The van der Waals surface area contributed by atoms with Gasteiger partial charge in [0.1, 0.15) is 12.1 Å². The topological polar surface area (TPSA) is 121 Å². The summed E-state index contributed by atoms with van der Waals surface area (Å²) in [5.41, 5.74) is -1.34. The Morgan fingerprint density at radius 3 is 2.22 bits per heavy atom. The number of aromatic nitrogens is 1. The quantitative estimate of drug-likeness (QED) is 0.568. The molecule has 36 heavy (non-hydrogen) atoms. The van der Waals surface area contributed by atoms with Crippen molar-refractivity contribution in [1.82, 2.24) is 14.6 Å². The predicted octanol–water partition coefficient (Wildman–Crippen LogP) is 3.14. The van der Waals surface area contributed by atoms with Crippen LogP contribution >= 0.6 is 11.3 Å². The van der Waals surface area contributed by atoms with E-state index in [1.807, 2.05) is 0 Å². The molecular formula is C21H26F3N5O5S2. The smallest absolute Gasteiger partial charge is 0.434 e. The molecule has 0 spiro atoms. The number of piperazine rings is 1. The minimum atomic E-state index is -4.53. The summed E-state index contributed by atoms with van der Waals surface area (Å²) in [4.78, 5) is 28.9. The average Bonchev–Trinajstić information content (AvgIpc) is 3.28. The molecule has 1 aromatic carbocycles. The Hall–Kier alpha value is -2.91.